The number of aryl methyl sites for hydroxylation is 2. The van der Waals surface area contributed by atoms with E-state index in [0.717, 1.165) is 19.0 Å². The second-order valence-corrected chi connectivity index (χ2v) is 6.62. The summed E-state index contributed by atoms with van der Waals surface area (Å²) >= 11 is 0. The van der Waals surface area contributed by atoms with Gasteiger partial charge in [-0.2, -0.15) is 0 Å². The Hall–Kier alpha value is -0.860. The zero-order valence-electron chi connectivity index (χ0n) is 13.0. The predicted octanol–water partition coefficient (Wildman–Crippen LogP) is 3.44. The van der Waals surface area contributed by atoms with Crippen LogP contribution >= 0.6 is 0 Å². The number of nitrogens with zero attached hydrogens (tertiary/aromatic N) is 1. The third-order valence-electron chi connectivity index (χ3n) is 5.26. The lowest BCUT2D eigenvalue weighted by molar-refractivity contribution is 0.125. The standard InChI is InChI=1S/C18H28N2/c1-14-7-8-17(13-15(14)2)18(16-5-3-4-6-16)20-11-9-19-10-12-20/h7-8,13,16,18-19H,3-6,9-12H2,1-2H3/t18-/m0/s1. The third kappa shape index (κ3) is 2.91. The molecule has 1 N–H and O–H groups in total. The van der Waals surface area contributed by atoms with Gasteiger partial charge in [0.1, 0.15) is 0 Å². The van der Waals surface area contributed by atoms with Crippen LogP contribution in [0, 0.1) is 19.8 Å². The highest BCUT2D eigenvalue weighted by Crippen LogP contribution is 2.40. The summed E-state index contributed by atoms with van der Waals surface area (Å²) in [5.74, 6) is 0.871. The minimum Gasteiger partial charge on any atom is -0.314 e. The first kappa shape index (κ1) is 14.1. The number of benzene rings is 1. The number of hydrogen-bond acceptors (Lipinski definition) is 2. The lowest BCUT2D eigenvalue weighted by Gasteiger charge is -2.39. The second kappa shape index (κ2) is 6.28. The van der Waals surface area contributed by atoms with Gasteiger partial charge in [0.05, 0.1) is 0 Å². The molecule has 0 radical (unpaired) electrons. The van der Waals surface area contributed by atoms with Gasteiger partial charge >= 0.3 is 0 Å². The van der Waals surface area contributed by atoms with Crippen LogP contribution in [0.2, 0.25) is 0 Å². The molecule has 2 aliphatic rings. The van der Waals surface area contributed by atoms with Gasteiger partial charge in [-0.15, -0.1) is 0 Å². The molecule has 1 aliphatic heterocycles. The number of nitrogens with one attached hydrogen (secondary N) is 1. The Kier molecular flexibility index (Phi) is 4.42. The van der Waals surface area contributed by atoms with Gasteiger partial charge in [-0.1, -0.05) is 31.0 Å². The fourth-order valence-electron chi connectivity index (χ4n) is 3.96. The summed E-state index contributed by atoms with van der Waals surface area (Å²) in [5, 5.41) is 3.49. The Balaban J connectivity index is 1.88. The summed E-state index contributed by atoms with van der Waals surface area (Å²) in [7, 11) is 0. The molecule has 3 rings (SSSR count). The van der Waals surface area contributed by atoms with E-state index < -0.39 is 0 Å². The molecule has 2 nitrogen and oxygen atoms in total. The molecule has 0 unspecified atom stereocenters. The maximum Gasteiger partial charge on any atom is 0.0377 e. The highest BCUT2D eigenvalue weighted by atomic mass is 15.2. The van der Waals surface area contributed by atoms with Crippen molar-refractivity contribution in [2.45, 2.75) is 45.6 Å². The first-order valence-electron chi connectivity index (χ1n) is 8.27. The molecule has 1 atom stereocenters. The number of piperazine rings is 1. The van der Waals surface area contributed by atoms with Gasteiger partial charge in [-0.25, -0.2) is 0 Å². The topological polar surface area (TPSA) is 15.3 Å². The van der Waals surface area contributed by atoms with E-state index in [1.54, 1.807) is 5.56 Å². The van der Waals surface area contributed by atoms with Gasteiger partial charge in [0.15, 0.2) is 0 Å². The molecule has 1 aliphatic carbocycles. The summed E-state index contributed by atoms with van der Waals surface area (Å²) in [5.41, 5.74) is 4.42. The fraction of sp³-hybridized carbons (Fsp3) is 0.667. The van der Waals surface area contributed by atoms with Gasteiger partial charge in [0.25, 0.3) is 0 Å². The van der Waals surface area contributed by atoms with E-state index >= 15 is 0 Å². The summed E-state index contributed by atoms with van der Waals surface area (Å²) in [6.45, 7) is 9.17. The summed E-state index contributed by atoms with van der Waals surface area (Å²) in [6, 6.07) is 7.79. The van der Waals surface area contributed by atoms with E-state index in [4.69, 9.17) is 0 Å². The Morgan fingerprint density at radius 1 is 1.05 bits per heavy atom. The number of rotatable bonds is 3. The molecule has 110 valence electrons. The lowest BCUT2D eigenvalue weighted by atomic mass is 9.88. The largest absolute Gasteiger partial charge is 0.314 e. The first-order valence-corrected chi connectivity index (χ1v) is 8.27. The smallest absolute Gasteiger partial charge is 0.0377 e. The van der Waals surface area contributed by atoms with Crippen LogP contribution in [-0.4, -0.2) is 31.1 Å². The van der Waals surface area contributed by atoms with Crippen molar-refractivity contribution in [2.24, 2.45) is 5.92 Å². The minimum absolute atomic E-state index is 0.652. The molecule has 1 aromatic carbocycles. The summed E-state index contributed by atoms with van der Waals surface area (Å²) < 4.78 is 0. The van der Waals surface area contributed by atoms with Crippen molar-refractivity contribution in [1.29, 1.82) is 0 Å². The maximum atomic E-state index is 3.49. The summed E-state index contributed by atoms with van der Waals surface area (Å²) in [6.07, 6.45) is 5.69. The molecule has 1 saturated heterocycles. The first-order chi connectivity index (χ1) is 9.75. The quantitative estimate of drug-likeness (QED) is 0.907. The predicted molar refractivity (Wildman–Crippen MR) is 85.1 cm³/mol. The van der Waals surface area contributed by atoms with Crippen molar-refractivity contribution in [1.82, 2.24) is 10.2 Å². The van der Waals surface area contributed by atoms with Crippen molar-refractivity contribution in [2.75, 3.05) is 26.2 Å². The molecule has 0 amide bonds. The minimum atomic E-state index is 0.652. The average molecular weight is 272 g/mol. The van der Waals surface area contributed by atoms with Crippen LogP contribution in [0.1, 0.15) is 48.4 Å². The second-order valence-electron chi connectivity index (χ2n) is 6.62. The number of hydrogen-bond donors (Lipinski definition) is 1. The van der Waals surface area contributed by atoms with Crippen LogP contribution in [0.25, 0.3) is 0 Å². The lowest BCUT2D eigenvalue weighted by Crippen LogP contribution is -2.46. The Morgan fingerprint density at radius 2 is 1.75 bits per heavy atom. The van der Waals surface area contributed by atoms with Crippen molar-refractivity contribution in [3.05, 3.63) is 34.9 Å². The normalized spacial score (nSPS) is 23.1. The molecular formula is C18H28N2. The molecule has 0 bridgehead atoms. The Labute approximate surface area is 123 Å². The molecular weight excluding hydrogens is 244 g/mol. The van der Waals surface area contributed by atoms with E-state index in [9.17, 15) is 0 Å². The maximum absolute atomic E-state index is 3.49. The van der Waals surface area contributed by atoms with Gasteiger partial charge in [0.2, 0.25) is 0 Å². The van der Waals surface area contributed by atoms with E-state index in [1.165, 1.54) is 49.9 Å². The fourth-order valence-corrected chi connectivity index (χ4v) is 3.96. The van der Waals surface area contributed by atoms with Gasteiger partial charge in [-0.3, -0.25) is 4.90 Å². The molecule has 2 heteroatoms. The van der Waals surface area contributed by atoms with E-state index in [-0.39, 0.29) is 0 Å². The Bertz CT molecular complexity index is 443. The van der Waals surface area contributed by atoms with Crippen LogP contribution in [0.5, 0.6) is 0 Å². The Morgan fingerprint density at radius 3 is 2.40 bits per heavy atom. The van der Waals surface area contributed by atoms with Crippen LogP contribution in [-0.2, 0) is 0 Å². The van der Waals surface area contributed by atoms with Crippen molar-refractivity contribution in [3.8, 4) is 0 Å². The molecule has 1 aromatic rings. The SMILES string of the molecule is Cc1ccc([C@H](C2CCCC2)N2CCNCC2)cc1C. The van der Waals surface area contributed by atoms with Crippen LogP contribution in [0.3, 0.4) is 0 Å². The zero-order valence-corrected chi connectivity index (χ0v) is 13.0. The van der Waals surface area contributed by atoms with Gasteiger partial charge in [-0.05, 0) is 49.3 Å². The third-order valence-corrected chi connectivity index (χ3v) is 5.26. The van der Waals surface area contributed by atoms with Crippen LogP contribution in [0.4, 0.5) is 0 Å². The van der Waals surface area contributed by atoms with Gasteiger partial charge in [0, 0.05) is 32.2 Å². The van der Waals surface area contributed by atoms with Crippen molar-refractivity contribution < 1.29 is 0 Å². The molecule has 1 saturated carbocycles. The van der Waals surface area contributed by atoms with Gasteiger partial charge < -0.3 is 5.32 Å². The van der Waals surface area contributed by atoms with Crippen LogP contribution < -0.4 is 5.32 Å². The molecule has 1 heterocycles. The molecule has 0 aromatic heterocycles. The molecule has 20 heavy (non-hydrogen) atoms. The van der Waals surface area contributed by atoms with Crippen molar-refractivity contribution in [3.63, 3.8) is 0 Å². The highest BCUT2D eigenvalue weighted by Gasteiger charge is 2.31. The van der Waals surface area contributed by atoms with Crippen LogP contribution in [0.15, 0.2) is 18.2 Å². The summed E-state index contributed by atoms with van der Waals surface area (Å²) in [4.78, 5) is 2.73. The monoisotopic (exact) mass is 272 g/mol. The molecule has 2 fully saturated rings. The van der Waals surface area contributed by atoms with E-state index in [1.807, 2.05) is 0 Å². The van der Waals surface area contributed by atoms with E-state index in [2.05, 4.69) is 42.3 Å². The average Bonchev–Trinajstić information content (AvgIpc) is 2.98. The van der Waals surface area contributed by atoms with Crippen molar-refractivity contribution >= 4 is 0 Å². The molecule has 0 spiro atoms. The highest BCUT2D eigenvalue weighted by molar-refractivity contribution is 5.32. The van der Waals surface area contributed by atoms with E-state index in [0.29, 0.717) is 6.04 Å². The zero-order chi connectivity index (χ0) is 13.9.